The lowest BCUT2D eigenvalue weighted by Crippen LogP contribution is -2.34. The first-order valence-electron chi connectivity index (χ1n) is 8.22. The van der Waals surface area contributed by atoms with E-state index in [2.05, 4.69) is 20.3 Å². The minimum absolute atomic E-state index is 0.0453. The number of anilines is 3. The normalized spacial score (nSPS) is 13.6. The molecule has 0 saturated carbocycles. The molecule has 0 spiro atoms. The van der Waals surface area contributed by atoms with E-state index in [-0.39, 0.29) is 11.7 Å². The van der Waals surface area contributed by atoms with E-state index in [1.54, 1.807) is 17.3 Å². The Morgan fingerprint density at radius 2 is 2.08 bits per heavy atom. The summed E-state index contributed by atoms with van der Waals surface area (Å²) in [7, 11) is 1.81. The van der Waals surface area contributed by atoms with Crippen LogP contribution in [0.1, 0.15) is 21.7 Å². The number of oxazole rings is 1. The molecule has 132 valence electrons. The van der Waals surface area contributed by atoms with Gasteiger partial charge in [0.05, 0.1) is 11.8 Å². The van der Waals surface area contributed by atoms with Gasteiger partial charge in [-0.2, -0.15) is 4.98 Å². The van der Waals surface area contributed by atoms with E-state index in [0.29, 0.717) is 29.7 Å². The number of hydrogen-bond acceptors (Lipinski definition) is 7. The van der Waals surface area contributed by atoms with Crippen LogP contribution in [0.25, 0.3) is 11.5 Å². The maximum Gasteiger partial charge on any atom is 0.253 e. The lowest BCUT2D eigenvalue weighted by molar-refractivity contribution is 0.0781. The predicted molar refractivity (Wildman–Crippen MR) is 97.1 cm³/mol. The molecule has 4 rings (SSSR count). The smallest absolute Gasteiger partial charge is 0.253 e. The number of amides is 1. The SMILES string of the molecule is Cc1cnc(-c2cnc(Nc3ccc4c(c3)CCN(C)C4=O)nc2N)o1. The number of rotatable bonds is 3. The Morgan fingerprint density at radius 1 is 1.23 bits per heavy atom. The highest BCUT2D eigenvalue weighted by Crippen LogP contribution is 2.26. The van der Waals surface area contributed by atoms with Crippen LogP contribution in [0.2, 0.25) is 0 Å². The fourth-order valence-electron chi connectivity index (χ4n) is 2.91. The topological polar surface area (TPSA) is 110 Å². The van der Waals surface area contributed by atoms with Crippen molar-refractivity contribution < 1.29 is 9.21 Å². The van der Waals surface area contributed by atoms with Crippen molar-refractivity contribution in [2.24, 2.45) is 0 Å². The van der Waals surface area contributed by atoms with Gasteiger partial charge in [0, 0.05) is 31.0 Å². The van der Waals surface area contributed by atoms with Gasteiger partial charge in [-0.1, -0.05) is 0 Å². The number of aryl methyl sites for hydroxylation is 1. The third kappa shape index (κ3) is 2.85. The Balaban J connectivity index is 1.58. The molecule has 3 heterocycles. The lowest BCUT2D eigenvalue weighted by Gasteiger charge is -2.25. The quantitative estimate of drug-likeness (QED) is 0.746. The van der Waals surface area contributed by atoms with Crippen LogP contribution in [0.4, 0.5) is 17.5 Å². The van der Waals surface area contributed by atoms with E-state index < -0.39 is 0 Å². The van der Waals surface area contributed by atoms with Gasteiger partial charge in [0.2, 0.25) is 11.8 Å². The van der Waals surface area contributed by atoms with Crippen molar-refractivity contribution in [2.75, 3.05) is 24.6 Å². The van der Waals surface area contributed by atoms with Crippen LogP contribution >= 0.6 is 0 Å². The summed E-state index contributed by atoms with van der Waals surface area (Å²) in [6.07, 6.45) is 4.01. The second-order valence-electron chi connectivity index (χ2n) is 6.24. The molecule has 1 aliphatic heterocycles. The number of fused-ring (bicyclic) bond motifs is 1. The first-order chi connectivity index (χ1) is 12.5. The third-order valence-electron chi connectivity index (χ3n) is 4.32. The van der Waals surface area contributed by atoms with Crippen molar-refractivity contribution in [3.8, 4) is 11.5 Å². The van der Waals surface area contributed by atoms with E-state index in [4.69, 9.17) is 10.2 Å². The number of nitrogen functional groups attached to an aromatic ring is 1. The Labute approximate surface area is 150 Å². The van der Waals surface area contributed by atoms with Crippen molar-refractivity contribution in [1.29, 1.82) is 0 Å². The molecule has 0 unspecified atom stereocenters. The number of nitrogens with one attached hydrogen (secondary N) is 1. The van der Waals surface area contributed by atoms with Crippen molar-refractivity contribution in [1.82, 2.24) is 19.9 Å². The molecule has 0 atom stereocenters. The van der Waals surface area contributed by atoms with Crippen LogP contribution < -0.4 is 11.1 Å². The van der Waals surface area contributed by atoms with Crippen LogP contribution in [-0.2, 0) is 6.42 Å². The number of benzene rings is 1. The zero-order valence-corrected chi connectivity index (χ0v) is 14.5. The highest BCUT2D eigenvalue weighted by atomic mass is 16.4. The maximum absolute atomic E-state index is 12.2. The Morgan fingerprint density at radius 3 is 2.81 bits per heavy atom. The molecule has 0 saturated heterocycles. The van der Waals surface area contributed by atoms with Crippen LogP contribution in [0, 0.1) is 6.92 Å². The second-order valence-corrected chi connectivity index (χ2v) is 6.24. The Hall–Kier alpha value is -3.42. The number of likely N-dealkylation sites (N-methyl/N-ethyl adjacent to an activating group) is 1. The van der Waals surface area contributed by atoms with E-state index in [0.717, 1.165) is 23.2 Å². The van der Waals surface area contributed by atoms with Crippen LogP contribution in [-0.4, -0.2) is 39.4 Å². The average Bonchev–Trinajstić information content (AvgIpc) is 3.04. The summed E-state index contributed by atoms with van der Waals surface area (Å²) >= 11 is 0. The van der Waals surface area contributed by atoms with Gasteiger partial charge in [0.1, 0.15) is 11.6 Å². The van der Waals surface area contributed by atoms with Crippen molar-refractivity contribution >= 4 is 23.4 Å². The molecule has 2 aromatic heterocycles. The summed E-state index contributed by atoms with van der Waals surface area (Å²) < 4.78 is 5.46. The van der Waals surface area contributed by atoms with Gasteiger partial charge in [-0.3, -0.25) is 4.79 Å². The molecule has 8 nitrogen and oxygen atoms in total. The molecular weight excluding hydrogens is 332 g/mol. The Kier molecular flexibility index (Phi) is 3.80. The standard InChI is InChI=1S/C18H18N6O2/c1-10-8-20-16(26-10)14-9-21-18(23-15(14)19)22-12-3-4-13-11(7-12)5-6-24(2)17(13)25/h3-4,7-9H,5-6H2,1-2H3,(H3,19,21,22,23). The molecule has 3 N–H and O–H groups in total. The summed E-state index contributed by atoms with van der Waals surface area (Å²) in [5.74, 6) is 1.77. The molecule has 1 amide bonds. The van der Waals surface area contributed by atoms with E-state index in [1.807, 2.05) is 32.2 Å². The molecule has 0 radical (unpaired) electrons. The maximum atomic E-state index is 12.2. The molecule has 1 aliphatic rings. The zero-order chi connectivity index (χ0) is 18.3. The first-order valence-corrected chi connectivity index (χ1v) is 8.22. The van der Waals surface area contributed by atoms with E-state index >= 15 is 0 Å². The highest BCUT2D eigenvalue weighted by molar-refractivity contribution is 5.97. The molecule has 3 aromatic rings. The van der Waals surface area contributed by atoms with Crippen LogP contribution in [0.15, 0.2) is 35.0 Å². The molecule has 8 heteroatoms. The predicted octanol–water partition coefficient (Wildman–Crippen LogP) is 2.39. The average molecular weight is 350 g/mol. The highest BCUT2D eigenvalue weighted by Gasteiger charge is 2.21. The van der Waals surface area contributed by atoms with Gasteiger partial charge in [-0.05, 0) is 37.1 Å². The van der Waals surface area contributed by atoms with Crippen molar-refractivity contribution in [2.45, 2.75) is 13.3 Å². The number of aromatic nitrogens is 3. The summed E-state index contributed by atoms with van der Waals surface area (Å²) in [6.45, 7) is 2.52. The van der Waals surface area contributed by atoms with Crippen molar-refractivity contribution in [3.05, 3.63) is 47.5 Å². The largest absolute Gasteiger partial charge is 0.441 e. The van der Waals surface area contributed by atoms with Crippen LogP contribution in [0.3, 0.4) is 0 Å². The summed E-state index contributed by atoms with van der Waals surface area (Å²) in [4.78, 5) is 26.6. The number of carbonyl (C=O) groups excluding carboxylic acids is 1. The summed E-state index contributed by atoms with van der Waals surface area (Å²) in [5, 5.41) is 3.13. The summed E-state index contributed by atoms with van der Waals surface area (Å²) in [5.41, 5.74) is 9.12. The molecular formula is C18H18N6O2. The van der Waals surface area contributed by atoms with Gasteiger partial charge in [0.25, 0.3) is 5.91 Å². The van der Waals surface area contributed by atoms with Gasteiger partial charge in [-0.15, -0.1) is 0 Å². The first kappa shape index (κ1) is 16.1. The van der Waals surface area contributed by atoms with Crippen LogP contribution in [0.5, 0.6) is 0 Å². The van der Waals surface area contributed by atoms with E-state index in [1.165, 1.54) is 0 Å². The van der Waals surface area contributed by atoms with Gasteiger partial charge in [0.15, 0.2) is 0 Å². The third-order valence-corrected chi connectivity index (χ3v) is 4.32. The van der Waals surface area contributed by atoms with Gasteiger partial charge >= 0.3 is 0 Å². The zero-order valence-electron chi connectivity index (χ0n) is 14.5. The number of hydrogen-bond donors (Lipinski definition) is 2. The second kappa shape index (κ2) is 6.14. The molecule has 0 bridgehead atoms. The van der Waals surface area contributed by atoms with Gasteiger partial charge in [-0.25, -0.2) is 9.97 Å². The molecule has 0 fully saturated rings. The lowest BCUT2D eigenvalue weighted by atomic mass is 9.99. The molecule has 0 aliphatic carbocycles. The van der Waals surface area contributed by atoms with E-state index in [9.17, 15) is 4.79 Å². The van der Waals surface area contributed by atoms with Gasteiger partial charge < -0.3 is 20.4 Å². The number of nitrogens with two attached hydrogens (primary N) is 1. The molecule has 1 aromatic carbocycles. The monoisotopic (exact) mass is 350 g/mol. The fraction of sp³-hybridized carbons (Fsp3) is 0.222. The minimum atomic E-state index is 0.0453. The Bertz CT molecular complexity index is 997. The summed E-state index contributed by atoms with van der Waals surface area (Å²) in [6, 6.07) is 5.61. The molecule has 26 heavy (non-hydrogen) atoms. The number of carbonyl (C=O) groups is 1. The fourth-order valence-corrected chi connectivity index (χ4v) is 2.91. The minimum Gasteiger partial charge on any atom is -0.441 e. The van der Waals surface area contributed by atoms with Crippen molar-refractivity contribution in [3.63, 3.8) is 0 Å². The number of nitrogens with zero attached hydrogens (tertiary/aromatic N) is 4.